The number of carbonyl (C=O) groups excluding carboxylic acids is 1. The Labute approximate surface area is 121 Å². The molecule has 0 fully saturated rings. The molecule has 0 unspecified atom stereocenters. The highest BCUT2D eigenvalue weighted by atomic mass is 16.4. The maximum atomic E-state index is 11.7. The molecule has 4 N–H and O–H groups in total. The number of para-hydroxylation sites is 1. The third kappa shape index (κ3) is 3.91. The Hall–Kier alpha value is -2.64. The number of phenolic OH excluding ortho intramolecular Hbond substituents is 1. The quantitative estimate of drug-likeness (QED) is 0.356. The molecule has 1 amide bonds. The van der Waals surface area contributed by atoms with Crippen LogP contribution in [0.15, 0.2) is 53.6 Å². The number of amides is 1. The number of phenols is 1. The number of aromatic hydroxyl groups is 1. The Balaban J connectivity index is 1.99. The molecule has 2 rings (SSSR count). The van der Waals surface area contributed by atoms with E-state index in [-0.39, 0.29) is 11.3 Å². The minimum Gasteiger partial charge on any atom is -0.507 e. The maximum Gasteiger partial charge on any atom is 0.488 e. The summed E-state index contributed by atoms with van der Waals surface area (Å²) >= 11 is 0. The lowest BCUT2D eigenvalue weighted by Gasteiger charge is -2.02. The molecule has 0 radical (unpaired) electrons. The molecule has 6 nitrogen and oxygen atoms in total. The first-order valence-electron chi connectivity index (χ1n) is 6.15. The van der Waals surface area contributed by atoms with Crippen LogP contribution < -0.4 is 10.9 Å². The topological polar surface area (TPSA) is 102 Å². The van der Waals surface area contributed by atoms with Crippen LogP contribution in [-0.2, 0) is 0 Å². The molecule has 7 heteroatoms. The Bertz CT molecular complexity index is 656. The predicted molar refractivity (Wildman–Crippen MR) is 79.4 cm³/mol. The van der Waals surface area contributed by atoms with Gasteiger partial charge in [-0.1, -0.05) is 36.4 Å². The molecule has 0 bridgehead atoms. The standard InChI is InChI=1S/C14H13BN2O4/c18-13-4-2-1-3-12(13)14(19)17-16-9-10-5-7-11(8-6-10)15(20)21/h1-9,18,20-21H,(H,17,19)/b16-9+. The van der Waals surface area contributed by atoms with Crippen molar-refractivity contribution in [1.29, 1.82) is 0 Å². The second-order valence-corrected chi connectivity index (χ2v) is 4.26. The molecule has 21 heavy (non-hydrogen) atoms. The molecule has 0 saturated heterocycles. The molecule has 0 aromatic heterocycles. The van der Waals surface area contributed by atoms with E-state index in [9.17, 15) is 9.90 Å². The average Bonchev–Trinajstić information content (AvgIpc) is 2.48. The number of nitrogens with zero attached hydrogens (tertiary/aromatic N) is 1. The number of hydrogen-bond donors (Lipinski definition) is 4. The molecule has 0 spiro atoms. The van der Waals surface area contributed by atoms with Gasteiger partial charge >= 0.3 is 7.12 Å². The highest BCUT2D eigenvalue weighted by Gasteiger charge is 2.10. The van der Waals surface area contributed by atoms with E-state index in [1.807, 2.05) is 0 Å². The highest BCUT2D eigenvalue weighted by molar-refractivity contribution is 6.58. The molecule has 0 atom stereocenters. The first kappa shape index (κ1) is 14.8. The number of carbonyl (C=O) groups is 1. The van der Waals surface area contributed by atoms with Gasteiger partial charge in [-0.05, 0) is 23.2 Å². The third-order valence-electron chi connectivity index (χ3n) is 2.76. The number of rotatable bonds is 4. The molecular weight excluding hydrogens is 271 g/mol. The van der Waals surface area contributed by atoms with Crippen molar-refractivity contribution < 1.29 is 19.9 Å². The Morgan fingerprint density at radius 2 is 1.76 bits per heavy atom. The van der Waals surface area contributed by atoms with Crippen molar-refractivity contribution in [1.82, 2.24) is 5.43 Å². The fourth-order valence-electron chi connectivity index (χ4n) is 1.65. The van der Waals surface area contributed by atoms with Gasteiger partial charge in [-0.2, -0.15) is 5.10 Å². The van der Waals surface area contributed by atoms with E-state index in [0.29, 0.717) is 11.0 Å². The third-order valence-corrected chi connectivity index (χ3v) is 2.76. The lowest BCUT2D eigenvalue weighted by molar-refractivity contribution is 0.0952. The fourth-order valence-corrected chi connectivity index (χ4v) is 1.65. The van der Waals surface area contributed by atoms with Crippen molar-refractivity contribution in [2.24, 2.45) is 5.10 Å². The van der Waals surface area contributed by atoms with Crippen LogP contribution in [0, 0.1) is 0 Å². The van der Waals surface area contributed by atoms with E-state index >= 15 is 0 Å². The van der Waals surface area contributed by atoms with Gasteiger partial charge in [0, 0.05) is 0 Å². The largest absolute Gasteiger partial charge is 0.507 e. The van der Waals surface area contributed by atoms with Gasteiger partial charge in [0.05, 0.1) is 11.8 Å². The summed E-state index contributed by atoms with van der Waals surface area (Å²) in [5.74, 6) is -0.641. The summed E-state index contributed by atoms with van der Waals surface area (Å²) in [5.41, 5.74) is 3.47. The van der Waals surface area contributed by atoms with Crippen LogP contribution in [0.25, 0.3) is 0 Å². The Morgan fingerprint density at radius 1 is 1.10 bits per heavy atom. The van der Waals surface area contributed by atoms with Gasteiger partial charge < -0.3 is 15.2 Å². The normalized spacial score (nSPS) is 10.6. The second-order valence-electron chi connectivity index (χ2n) is 4.26. The summed E-state index contributed by atoms with van der Waals surface area (Å²) in [6.45, 7) is 0. The molecule has 0 aliphatic carbocycles. The van der Waals surface area contributed by atoms with Gasteiger partial charge in [-0.25, -0.2) is 5.43 Å². The first-order chi connectivity index (χ1) is 10.1. The lowest BCUT2D eigenvalue weighted by Crippen LogP contribution is -2.29. The van der Waals surface area contributed by atoms with Crippen LogP contribution in [0.4, 0.5) is 0 Å². The molecule has 2 aromatic carbocycles. The van der Waals surface area contributed by atoms with E-state index in [1.54, 1.807) is 24.3 Å². The van der Waals surface area contributed by atoms with Crippen LogP contribution in [0.1, 0.15) is 15.9 Å². The van der Waals surface area contributed by atoms with Crippen LogP contribution in [-0.4, -0.2) is 34.4 Å². The number of nitrogens with one attached hydrogen (secondary N) is 1. The minimum absolute atomic E-state index is 0.119. The van der Waals surface area contributed by atoms with Crippen molar-refractivity contribution in [2.45, 2.75) is 0 Å². The maximum absolute atomic E-state index is 11.7. The Kier molecular flexibility index (Phi) is 4.70. The molecule has 2 aromatic rings. The van der Waals surface area contributed by atoms with Gasteiger partial charge in [-0.15, -0.1) is 0 Å². The van der Waals surface area contributed by atoms with Crippen molar-refractivity contribution in [2.75, 3.05) is 0 Å². The fraction of sp³-hybridized carbons (Fsp3) is 0. The SMILES string of the molecule is O=C(N/N=C/c1ccc(B(O)O)cc1)c1ccccc1O. The molecule has 0 aliphatic rings. The molecular formula is C14H13BN2O4. The van der Waals surface area contributed by atoms with Gasteiger partial charge in [0.2, 0.25) is 0 Å². The van der Waals surface area contributed by atoms with Crippen LogP contribution in [0.3, 0.4) is 0 Å². The summed E-state index contributed by atoms with van der Waals surface area (Å²) < 4.78 is 0. The molecule has 106 valence electrons. The van der Waals surface area contributed by atoms with E-state index in [4.69, 9.17) is 10.0 Å². The van der Waals surface area contributed by atoms with Gasteiger partial charge in [-0.3, -0.25) is 4.79 Å². The summed E-state index contributed by atoms with van der Waals surface area (Å²) in [5, 5.41) is 31.2. The molecule has 0 saturated carbocycles. The Morgan fingerprint density at radius 3 is 2.38 bits per heavy atom. The monoisotopic (exact) mass is 284 g/mol. The summed E-state index contributed by atoms with van der Waals surface area (Å²) in [7, 11) is -1.52. The number of hydrazone groups is 1. The molecule has 0 aliphatic heterocycles. The summed E-state index contributed by atoms with van der Waals surface area (Å²) in [6, 6.07) is 12.5. The van der Waals surface area contributed by atoms with Crippen molar-refractivity contribution in [3.63, 3.8) is 0 Å². The van der Waals surface area contributed by atoms with Crippen LogP contribution >= 0.6 is 0 Å². The van der Waals surface area contributed by atoms with E-state index in [0.717, 1.165) is 0 Å². The summed E-state index contributed by atoms with van der Waals surface area (Å²) in [6.07, 6.45) is 1.41. The number of hydrogen-bond acceptors (Lipinski definition) is 5. The predicted octanol–water partition coefficient (Wildman–Crippen LogP) is -0.164. The van der Waals surface area contributed by atoms with Gasteiger partial charge in [0.1, 0.15) is 5.75 Å². The van der Waals surface area contributed by atoms with Crippen LogP contribution in [0.2, 0.25) is 0 Å². The minimum atomic E-state index is -1.52. The van der Waals surface area contributed by atoms with E-state index < -0.39 is 13.0 Å². The van der Waals surface area contributed by atoms with E-state index in [1.165, 1.54) is 30.5 Å². The van der Waals surface area contributed by atoms with Gasteiger partial charge in [0.15, 0.2) is 0 Å². The smallest absolute Gasteiger partial charge is 0.488 e. The average molecular weight is 284 g/mol. The van der Waals surface area contributed by atoms with Crippen molar-refractivity contribution in [3.05, 3.63) is 59.7 Å². The highest BCUT2D eigenvalue weighted by Crippen LogP contribution is 2.14. The molecule has 0 heterocycles. The lowest BCUT2D eigenvalue weighted by atomic mass is 9.80. The van der Waals surface area contributed by atoms with Crippen molar-refractivity contribution >= 4 is 24.7 Å². The zero-order chi connectivity index (χ0) is 15.2. The van der Waals surface area contributed by atoms with Gasteiger partial charge in [0.25, 0.3) is 5.91 Å². The second kappa shape index (κ2) is 6.69. The number of benzene rings is 2. The van der Waals surface area contributed by atoms with Crippen LogP contribution in [0.5, 0.6) is 5.75 Å². The zero-order valence-electron chi connectivity index (χ0n) is 11.0. The van der Waals surface area contributed by atoms with Crippen molar-refractivity contribution in [3.8, 4) is 5.75 Å². The zero-order valence-corrected chi connectivity index (χ0v) is 11.0. The first-order valence-corrected chi connectivity index (χ1v) is 6.15. The van der Waals surface area contributed by atoms with E-state index in [2.05, 4.69) is 10.5 Å². The summed E-state index contributed by atoms with van der Waals surface area (Å²) in [4.78, 5) is 11.7.